The predicted octanol–water partition coefficient (Wildman–Crippen LogP) is 14.9. The molecule has 0 radical (unpaired) electrons. The molecular formula is C54H98N2O6P+. The van der Waals surface area contributed by atoms with Gasteiger partial charge < -0.3 is 19.8 Å². The Labute approximate surface area is 388 Å². The summed E-state index contributed by atoms with van der Waals surface area (Å²) < 4.78 is 23.6. The quantitative estimate of drug-likeness (QED) is 0.0243. The highest BCUT2D eigenvalue weighted by molar-refractivity contribution is 7.47. The molecule has 3 atom stereocenters. The monoisotopic (exact) mass is 902 g/mol. The van der Waals surface area contributed by atoms with Gasteiger partial charge in [-0.3, -0.25) is 13.8 Å². The molecule has 0 aromatic carbocycles. The third kappa shape index (κ3) is 47.5. The van der Waals surface area contributed by atoms with Gasteiger partial charge in [0, 0.05) is 6.42 Å². The van der Waals surface area contributed by atoms with Crippen LogP contribution in [0.1, 0.15) is 200 Å². The minimum Gasteiger partial charge on any atom is -0.387 e. The minimum absolute atomic E-state index is 0.0450. The highest BCUT2D eigenvalue weighted by atomic mass is 31.2. The molecule has 8 nitrogen and oxygen atoms in total. The Balaban J connectivity index is 4.45. The third-order valence-electron chi connectivity index (χ3n) is 10.8. The number of carbonyl (C=O) groups excluding carboxylic acids is 1. The second kappa shape index (κ2) is 44.9. The summed E-state index contributed by atoms with van der Waals surface area (Å²) in [6.07, 6.45) is 62.4. The zero-order valence-corrected chi connectivity index (χ0v) is 42.2. The lowest BCUT2D eigenvalue weighted by Gasteiger charge is -2.25. The van der Waals surface area contributed by atoms with E-state index in [0.29, 0.717) is 23.9 Å². The number of nitrogens with zero attached hydrogens (tertiary/aromatic N) is 1. The molecule has 0 saturated carbocycles. The van der Waals surface area contributed by atoms with E-state index in [4.69, 9.17) is 9.05 Å². The van der Waals surface area contributed by atoms with Gasteiger partial charge in [0.25, 0.3) is 0 Å². The largest absolute Gasteiger partial charge is 0.472 e. The Morgan fingerprint density at radius 2 is 0.968 bits per heavy atom. The lowest BCUT2D eigenvalue weighted by Crippen LogP contribution is -2.45. The van der Waals surface area contributed by atoms with Crippen molar-refractivity contribution in [2.75, 3.05) is 40.9 Å². The van der Waals surface area contributed by atoms with E-state index in [2.05, 4.69) is 92.1 Å². The molecular weight excluding hydrogens is 804 g/mol. The summed E-state index contributed by atoms with van der Waals surface area (Å²) in [5.41, 5.74) is 0. The number of phosphoric acid groups is 1. The smallest absolute Gasteiger partial charge is 0.387 e. The lowest BCUT2D eigenvalue weighted by molar-refractivity contribution is -0.870. The van der Waals surface area contributed by atoms with Crippen molar-refractivity contribution in [2.24, 2.45) is 0 Å². The van der Waals surface area contributed by atoms with E-state index >= 15 is 0 Å². The number of aliphatic hydroxyl groups excluding tert-OH is 1. The summed E-state index contributed by atoms with van der Waals surface area (Å²) in [6, 6.07) is -0.886. The predicted molar refractivity (Wildman–Crippen MR) is 272 cm³/mol. The Kier molecular flexibility index (Phi) is 43.2. The van der Waals surface area contributed by atoms with Gasteiger partial charge in [0.2, 0.25) is 5.91 Å². The number of quaternary nitrogens is 1. The summed E-state index contributed by atoms with van der Waals surface area (Å²) in [5, 5.41) is 13.8. The average molecular weight is 902 g/mol. The van der Waals surface area contributed by atoms with Gasteiger partial charge in [-0.1, -0.05) is 202 Å². The van der Waals surface area contributed by atoms with Gasteiger partial charge in [-0.25, -0.2) is 4.57 Å². The summed E-state index contributed by atoms with van der Waals surface area (Å²) in [5.74, 6) is -0.221. The number of nitrogens with one attached hydrogen (secondary N) is 1. The molecule has 0 aliphatic heterocycles. The van der Waals surface area contributed by atoms with Crippen LogP contribution in [0.15, 0.2) is 85.1 Å². The number of amides is 1. The third-order valence-corrected chi connectivity index (χ3v) is 11.8. The number of phosphoric ester groups is 1. The van der Waals surface area contributed by atoms with E-state index in [0.717, 1.165) is 70.6 Å². The van der Waals surface area contributed by atoms with Crippen LogP contribution in [-0.4, -0.2) is 73.4 Å². The molecule has 3 N–H and O–H groups in total. The number of hydrogen-bond acceptors (Lipinski definition) is 5. The van der Waals surface area contributed by atoms with Gasteiger partial charge in [0.1, 0.15) is 13.2 Å². The summed E-state index contributed by atoms with van der Waals surface area (Å²) >= 11 is 0. The van der Waals surface area contributed by atoms with Crippen LogP contribution in [0.4, 0.5) is 0 Å². The van der Waals surface area contributed by atoms with Gasteiger partial charge in [-0.2, -0.15) is 0 Å². The molecule has 63 heavy (non-hydrogen) atoms. The number of hydrogen-bond donors (Lipinski definition) is 3. The fourth-order valence-corrected chi connectivity index (χ4v) is 7.58. The van der Waals surface area contributed by atoms with E-state index in [-0.39, 0.29) is 19.1 Å². The number of rotatable bonds is 45. The molecule has 9 heteroatoms. The zero-order chi connectivity index (χ0) is 46.4. The van der Waals surface area contributed by atoms with Crippen LogP contribution in [0, 0.1) is 0 Å². The van der Waals surface area contributed by atoms with Gasteiger partial charge in [0.15, 0.2) is 0 Å². The first kappa shape index (κ1) is 60.7. The summed E-state index contributed by atoms with van der Waals surface area (Å²) in [6.45, 7) is 4.65. The van der Waals surface area contributed by atoms with Crippen molar-refractivity contribution >= 4 is 13.7 Å². The van der Waals surface area contributed by atoms with Gasteiger partial charge in [-0.05, 0) is 77.0 Å². The Hall–Kier alpha value is -2.32. The molecule has 1 amide bonds. The Bertz CT molecular complexity index is 1300. The number of allylic oxidation sites excluding steroid dienone is 13. The first-order chi connectivity index (χ1) is 30.5. The van der Waals surface area contributed by atoms with E-state index in [1.165, 1.54) is 103 Å². The van der Waals surface area contributed by atoms with Gasteiger partial charge in [0.05, 0.1) is 39.9 Å². The van der Waals surface area contributed by atoms with Gasteiger partial charge in [-0.15, -0.1) is 0 Å². The minimum atomic E-state index is -4.37. The molecule has 0 bridgehead atoms. The molecule has 0 heterocycles. The van der Waals surface area contributed by atoms with Crippen LogP contribution in [0.5, 0.6) is 0 Å². The molecule has 0 rings (SSSR count). The molecule has 0 fully saturated rings. The number of aliphatic hydroxyl groups is 1. The lowest BCUT2D eigenvalue weighted by atomic mass is 10.0. The Morgan fingerprint density at radius 1 is 0.556 bits per heavy atom. The average Bonchev–Trinajstić information content (AvgIpc) is 3.24. The SMILES string of the molecule is CC/C=C\C/C=C\C/C=C\C/C=C\C/C=C\CCCCCC(=O)NC(COP(=O)(O)OCC[N+](C)(C)C)C(O)/C=C/CC/C=C/CCCCCCCCCCCCCCCCCC. The van der Waals surface area contributed by atoms with Gasteiger partial charge >= 0.3 is 7.82 Å². The molecule has 0 aliphatic carbocycles. The van der Waals surface area contributed by atoms with Crippen molar-refractivity contribution in [3.05, 3.63) is 85.1 Å². The molecule has 3 unspecified atom stereocenters. The number of unbranched alkanes of at least 4 members (excludes halogenated alkanes) is 20. The van der Waals surface area contributed by atoms with Crippen molar-refractivity contribution < 1.29 is 32.9 Å². The standard InChI is InChI=1S/C54H97N2O6P/c1-6-8-10-12-14-16-18-20-22-24-26-27-28-30-31-33-35-37-39-41-43-45-47-53(57)52(51-62-63(59,60)61-50-49-56(3,4)5)55-54(58)48-46-44-42-40-38-36-34-32-29-25-23-21-19-17-15-13-11-9-7-2/h9,11,15,17,21,23,29,32,36-39,45,47,52-53,57H,6-8,10,12-14,16,18-20,22,24-28,30-31,33-35,40-44,46,48-51H2,1-5H3,(H-,55,58,59,60)/p+1/b11-9-,17-15-,23-21-,32-29-,38-36-,39-37+,47-45+. The maximum Gasteiger partial charge on any atom is 0.472 e. The van der Waals surface area contributed by atoms with Crippen LogP contribution in [0.25, 0.3) is 0 Å². The van der Waals surface area contributed by atoms with Crippen molar-refractivity contribution in [3.8, 4) is 0 Å². The van der Waals surface area contributed by atoms with E-state index in [1.54, 1.807) is 6.08 Å². The molecule has 0 spiro atoms. The zero-order valence-electron chi connectivity index (χ0n) is 41.3. The summed E-state index contributed by atoms with van der Waals surface area (Å²) in [4.78, 5) is 23.2. The van der Waals surface area contributed by atoms with E-state index in [1.807, 2.05) is 27.2 Å². The van der Waals surface area contributed by atoms with Crippen LogP contribution < -0.4 is 5.32 Å². The molecule has 0 aromatic heterocycles. The number of likely N-dealkylation sites (N-methyl/N-ethyl adjacent to an activating group) is 1. The van der Waals surface area contributed by atoms with Crippen LogP contribution in [0.2, 0.25) is 0 Å². The Morgan fingerprint density at radius 3 is 1.46 bits per heavy atom. The number of carbonyl (C=O) groups is 1. The first-order valence-corrected chi connectivity index (χ1v) is 27.0. The second-order valence-corrected chi connectivity index (χ2v) is 19.6. The maximum absolute atomic E-state index is 12.9. The topological polar surface area (TPSA) is 105 Å². The molecule has 0 aliphatic rings. The second-order valence-electron chi connectivity index (χ2n) is 18.2. The molecule has 0 aromatic rings. The van der Waals surface area contributed by atoms with Crippen molar-refractivity contribution in [1.82, 2.24) is 5.32 Å². The molecule has 0 saturated heterocycles. The first-order valence-electron chi connectivity index (χ1n) is 25.5. The fraction of sp³-hybridized carbons (Fsp3) is 0.722. The van der Waals surface area contributed by atoms with Crippen LogP contribution in [0.3, 0.4) is 0 Å². The summed E-state index contributed by atoms with van der Waals surface area (Å²) in [7, 11) is 1.52. The van der Waals surface area contributed by atoms with E-state index in [9.17, 15) is 19.4 Å². The van der Waals surface area contributed by atoms with Crippen molar-refractivity contribution in [3.63, 3.8) is 0 Å². The van der Waals surface area contributed by atoms with Crippen molar-refractivity contribution in [1.29, 1.82) is 0 Å². The van der Waals surface area contributed by atoms with E-state index < -0.39 is 20.0 Å². The highest BCUT2D eigenvalue weighted by Gasteiger charge is 2.27. The highest BCUT2D eigenvalue weighted by Crippen LogP contribution is 2.43. The van der Waals surface area contributed by atoms with Crippen molar-refractivity contribution in [2.45, 2.75) is 212 Å². The van der Waals surface area contributed by atoms with Crippen LogP contribution >= 0.6 is 7.82 Å². The van der Waals surface area contributed by atoms with Crippen LogP contribution in [-0.2, 0) is 18.4 Å². The normalized spacial score (nSPS) is 14.8. The fourth-order valence-electron chi connectivity index (χ4n) is 6.85. The molecule has 364 valence electrons. The maximum atomic E-state index is 12.9.